The minimum absolute atomic E-state index is 0.593. The molecule has 2 saturated carbocycles. The van der Waals surface area contributed by atoms with Gasteiger partial charge in [0.25, 0.3) is 0 Å². The third kappa shape index (κ3) is 3.69. The molecule has 0 aromatic carbocycles. The lowest BCUT2D eigenvalue weighted by Crippen LogP contribution is -2.45. The summed E-state index contributed by atoms with van der Waals surface area (Å²) >= 11 is 0. The highest BCUT2D eigenvalue weighted by molar-refractivity contribution is 4.90. The molecule has 0 aliphatic heterocycles. The van der Waals surface area contributed by atoms with Gasteiger partial charge in [0.15, 0.2) is 0 Å². The topological polar surface area (TPSA) is 15.3 Å². The predicted octanol–water partition coefficient (Wildman–Crippen LogP) is 2.89. The van der Waals surface area contributed by atoms with Crippen LogP contribution in [0.1, 0.15) is 52.4 Å². The molecule has 2 heteroatoms. The maximum Gasteiger partial charge on any atom is 0.0220 e. The Labute approximate surface area is 107 Å². The molecule has 17 heavy (non-hydrogen) atoms. The normalized spacial score (nSPS) is 27.4. The molecule has 2 fully saturated rings. The van der Waals surface area contributed by atoms with E-state index in [-0.39, 0.29) is 0 Å². The van der Waals surface area contributed by atoms with E-state index in [2.05, 4.69) is 38.2 Å². The van der Waals surface area contributed by atoms with Crippen LogP contribution >= 0.6 is 0 Å². The summed E-state index contributed by atoms with van der Waals surface area (Å²) in [7, 11) is 4.45. The standard InChI is InChI=1S/C15H30N2/c1-15(2)9-7-13(8-10-15)17(4)11-14(16-3)12-5-6-12/h12-14,16H,5-11H2,1-4H3. The monoisotopic (exact) mass is 238 g/mol. The number of nitrogens with one attached hydrogen (secondary N) is 1. The van der Waals surface area contributed by atoms with E-state index in [0.29, 0.717) is 5.41 Å². The molecule has 2 nitrogen and oxygen atoms in total. The number of likely N-dealkylation sites (N-methyl/N-ethyl adjacent to an activating group) is 2. The van der Waals surface area contributed by atoms with E-state index in [1.165, 1.54) is 45.1 Å². The summed E-state index contributed by atoms with van der Waals surface area (Å²) in [6, 6.07) is 1.56. The van der Waals surface area contributed by atoms with Crippen LogP contribution in [0, 0.1) is 11.3 Å². The van der Waals surface area contributed by atoms with Crippen LogP contribution in [-0.4, -0.2) is 37.6 Å². The molecule has 2 aliphatic carbocycles. The van der Waals surface area contributed by atoms with Crippen molar-refractivity contribution < 1.29 is 0 Å². The van der Waals surface area contributed by atoms with Gasteiger partial charge in [0, 0.05) is 18.6 Å². The first-order chi connectivity index (χ1) is 8.02. The van der Waals surface area contributed by atoms with Crippen molar-refractivity contribution in [3.8, 4) is 0 Å². The molecular weight excluding hydrogens is 208 g/mol. The Hall–Kier alpha value is -0.0800. The highest BCUT2D eigenvalue weighted by Crippen LogP contribution is 2.37. The van der Waals surface area contributed by atoms with Crippen molar-refractivity contribution in [1.29, 1.82) is 0 Å². The van der Waals surface area contributed by atoms with Gasteiger partial charge in [0.2, 0.25) is 0 Å². The van der Waals surface area contributed by atoms with E-state index in [1.807, 2.05) is 0 Å². The molecule has 0 aromatic heterocycles. The quantitative estimate of drug-likeness (QED) is 0.792. The molecular formula is C15H30N2. The van der Waals surface area contributed by atoms with E-state index >= 15 is 0 Å². The lowest BCUT2D eigenvalue weighted by Gasteiger charge is -2.39. The lowest BCUT2D eigenvalue weighted by molar-refractivity contribution is 0.117. The molecule has 0 bridgehead atoms. The second kappa shape index (κ2) is 5.27. The van der Waals surface area contributed by atoms with Crippen molar-refractivity contribution >= 4 is 0 Å². The van der Waals surface area contributed by atoms with Crippen molar-refractivity contribution in [3.05, 3.63) is 0 Å². The second-order valence-electron chi connectivity index (χ2n) is 7.07. The predicted molar refractivity (Wildman–Crippen MR) is 74.2 cm³/mol. The smallest absolute Gasteiger partial charge is 0.0220 e. The van der Waals surface area contributed by atoms with Gasteiger partial charge < -0.3 is 10.2 Å². The van der Waals surface area contributed by atoms with Gasteiger partial charge >= 0.3 is 0 Å². The minimum Gasteiger partial charge on any atom is -0.315 e. The summed E-state index contributed by atoms with van der Waals surface area (Å²) in [6.07, 6.45) is 8.47. The summed E-state index contributed by atoms with van der Waals surface area (Å²) in [6.45, 7) is 6.08. The van der Waals surface area contributed by atoms with Crippen LogP contribution in [0.4, 0.5) is 0 Å². The van der Waals surface area contributed by atoms with Crippen LogP contribution < -0.4 is 5.32 Å². The van der Waals surface area contributed by atoms with Gasteiger partial charge in [-0.2, -0.15) is 0 Å². The Morgan fingerprint density at radius 2 is 1.76 bits per heavy atom. The molecule has 1 atom stereocenters. The van der Waals surface area contributed by atoms with E-state index in [1.54, 1.807) is 0 Å². The Balaban J connectivity index is 1.77. The van der Waals surface area contributed by atoms with E-state index < -0.39 is 0 Å². The zero-order valence-electron chi connectivity index (χ0n) is 12.1. The van der Waals surface area contributed by atoms with Gasteiger partial charge in [-0.15, -0.1) is 0 Å². The van der Waals surface area contributed by atoms with Crippen molar-refractivity contribution in [2.24, 2.45) is 11.3 Å². The summed E-state index contributed by atoms with van der Waals surface area (Å²) in [4.78, 5) is 2.62. The van der Waals surface area contributed by atoms with Gasteiger partial charge in [-0.1, -0.05) is 13.8 Å². The van der Waals surface area contributed by atoms with E-state index in [9.17, 15) is 0 Å². The van der Waals surface area contributed by atoms with E-state index in [0.717, 1.165) is 18.0 Å². The van der Waals surface area contributed by atoms with Crippen LogP contribution in [0.2, 0.25) is 0 Å². The van der Waals surface area contributed by atoms with Gasteiger partial charge in [0.05, 0.1) is 0 Å². The van der Waals surface area contributed by atoms with Crippen LogP contribution in [0.25, 0.3) is 0 Å². The number of rotatable bonds is 5. The summed E-state index contributed by atoms with van der Waals surface area (Å²) in [5.41, 5.74) is 0.593. The van der Waals surface area contributed by atoms with Crippen LogP contribution in [0.3, 0.4) is 0 Å². The van der Waals surface area contributed by atoms with Gasteiger partial charge in [-0.05, 0) is 64.0 Å². The first-order valence-electron chi connectivity index (χ1n) is 7.39. The third-order valence-corrected chi connectivity index (χ3v) is 4.98. The largest absolute Gasteiger partial charge is 0.315 e. The van der Waals surface area contributed by atoms with Crippen molar-refractivity contribution in [2.75, 3.05) is 20.6 Å². The molecule has 1 N–H and O–H groups in total. The molecule has 1 unspecified atom stereocenters. The van der Waals surface area contributed by atoms with Crippen molar-refractivity contribution in [3.63, 3.8) is 0 Å². The molecule has 0 amide bonds. The first-order valence-corrected chi connectivity index (χ1v) is 7.39. The fourth-order valence-electron chi connectivity index (χ4n) is 3.26. The van der Waals surface area contributed by atoms with Crippen LogP contribution in [0.5, 0.6) is 0 Å². The van der Waals surface area contributed by atoms with Crippen LogP contribution in [-0.2, 0) is 0 Å². The lowest BCUT2D eigenvalue weighted by atomic mass is 9.75. The molecule has 100 valence electrons. The highest BCUT2D eigenvalue weighted by atomic mass is 15.2. The number of hydrogen-bond donors (Lipinski definition) is 1. The third-order valence-electron chi connectivity index (χ3n) is 4.98. The van der Waals surface area contributed by atoms with Crippen molar-refractivity contribution in [1.82, 2.24) is 10.2 Å². The molecule has 0 aromatic rings. The Kier molecular flexibility index (Phi) is 4.14. The van der Waals surface area contributed by atoms with Gasteiger partial charge in [-0.3, -0.25) is 0 Å². The first kappa shape index (κ1) is 13.4. The summed E-state index contributed by atoms with van der Waals surface area (Å²) in [5, 5.41) is 3.51. The molecule has 0 saturated heterocycles. The average molecular weight is 238 g/mol. The Morgan fingerprint density at radius 3 is 2.24 bits per heavy atom. The summed E-state index contributed by atoms with van der Waals surface area (Å²) < 4.78 is 0. The van der Waals surface area contributed by atoms with Gasteiger partial charge in [-0.25, -0.2) is 0 Å². The SMILES string of the molecule is CNC(CN(C)C1CCC(C)(C)CC1)C1CC1. The number of hydrogen-bond acceptors (Lipinski definition) is 2. The maximum atomic E-state index is 3.51. The van der Waals surface area contributed by atoms with Crippen molar-refractivity contribution in [2.45, 2.75) is 64.5 Å². The molecule has 0 radical (unpaired) electrons. The molecule has 0 spiro atoms. The number of nitrogens with zero attached hydrogens (tertiary/aromatic N) is 1. The Morgan fingerprint density at radius 1 is 1.18 bits per heavy atom. The molecule has 2 aliphatic rings. The van der Waals surface area contributed by atoms with Gasteiger partial charge in [0.1, 0.15) is 0 Å². The highest BCUT2D eigenvalue weighted by Gasteiger charge is 2.33. The maximum absolute atomic E-state index is 3.51. The zero-order valence-corrected chi connectivity index (χ0v) is 12.1. The fraction of sp³-hybridized carbons (Fsp3) is 1.00. The second-order valence-corrected chi connectivity index (χ2v) is 7.07. The fourth-order valence-corrected chi connectivity index (χ4v) is 3.26. The van der Waals surface area contributed by atoms with E-state index in [4.69, 9.17) is 0 Å². The minimum atomic E-state index is 0.593. The molecule has 2 rings (SSSR count). The zero-order chi connectivity index (χ0) is 12.5. The van der Waals surface area contributed by atoms with Crippen LogP contribution in [0.15, 0.2) is 0 Å². The average Bonchev–Trinajstić information content (AvgIpc) is 3.09. The molecule has 0 heterocycles. The summed E-state index contributed by atoms with van der Waals surface area (Å²) in [5.74, 6) is 0.961. The Bertz CT molecular complexity index is 235.